The molecule has 17 heavy (non-hydrogen) atoms. The Hall–Kier alpha value is -1.01. The average molecular weight is 238 g/mol. The zero-order valence-corrected chi connectivity index (χ0v) is 10.7. The molecule has 3 heteroatoms. The van der Waals surface area contributed by atoms with Gasteiger partial charge in [0, 0.05) is 12.8 Å². The number of carbonyl (C=O) groups is 1. The highest BCUT2D eigenvalue weighted by atomic mass is 16.5. The van der Waals surface area contributed by atoms with Crippen LogP contribution in [0.3, 0.4) is 0 Å². The van der Waals surface area contributed by atoms with E-state index in [2.05, 4.69) is 12.8 Å². The number of esters is 1. The Labute approximate surface area is 104 Å². The summed E-state index contributed by atoms with van der Waals surface area (Å²) in [6, 6.07) is 0. The smallest absolute Gasteiger partial charge is 0.305 e. The summed E-state index contributed by atoms with van der Waals surface area (Å²) in [6.07, 6.45) is 10.2. The second-order valence-electron chi connectivity index (χ2n) is 4.81. The summed E-state index contributed by atoms with van der Waals surface area (Å²) in [5.74, 6) is 2.46. The summed E-state index contributed by atoms with van der Waals surface area (Å²) in [5.41, 5.74) is 0.100. The third-order valence-corrected chi connectivity index (χ3v) is 3.09. The number of hydrogen-bond acceptors (Lipinski definition) is 3. The zero-order valence-electron chi connectivity index (χ0n) is 10.7. The average Bonchev–Trinajstić information content (AvgIpc) is 2.28. The van der Waals surface area contributed by atoms with Crippen LogP contribution in [0.2, 0.25) is 0 Å². The number of terminal acetylenes is 1. The number of unbranched alkanes of at least 4 members (excludes halogenated alkanes) is 2. The van der Waals surface area contributed by atoms with E-state index in [1.165, 1.54) is 0 Å². The first-order valence-electron chi connectivity index (χ1n) is 6.39. The van der Waals surface area contributed by atoms with Crippen LogP contribution >= 0.6 is 0 Å². The lowest BCUT2D eigenvalue weighted by atomic mass is 9.82. The van der Waals surface area contributed by atoms with E-state index in [-0.39, 0.29) is 11.4 Å². The molecule has 1 rings (SSSR count). The molecular formula is C14H22O3. The minimum atomic E-state index is -0.107. The van der Waals surface area contributed by atoms with Crippen molar-refractivity contribution in [3.63, 3.8) is 0 Å². The Morgan fingerprint density at radius 2 is 2.24 bits per heavy atom. The lowest BCUT2D eigenvalue weighted by Crippen LogP contribution is -2.46. The van der Waals surface area contributed by atoms with Gasteiger partial charge >= 0.3 is 5.97 Å². The van der Waals surface area contributed by atoms with E-state index in [9.17, 15) is 4.79 Å². The van der Waals surface area contributed by atoms with Crippen molar-refractivity contribution in [1.82, 2.24) is 0 Å². The minimum absolute atomic E-state index is 0.100. The second-order valence-corrected chi connectivity index (χ2v) is 4.81. The van der Waals surface area contributed by atoms with Crippen LogP contribution in [0.5, 0.6) is 0 Å². The molecule has 0 aliphatic carbocycles. The number of rotatable bonds is 8. The topological polar surface area (TPSA) is 35.5 Å². The van der Waals surface area contributed by atoms with Crippen molar-refractivity contribution < 1.29 is 14.3 Å². The predicted octanol–water partition coefficient (Wildman–Crippen LogP) is 2.54. The molecule has 0 radical (unpaired) electrons. The fourth-order valence-electron chi connectivity index (χ4n) is 2.02. The first-order valence-corrected chi connectivity index (χ1v) is 6.39. The summed E-state index contributed by atoms with van der Waals surface area (Å²) in [5, 5.41) is 0. The van der Waals surface area contributed by atoms with Crippen molar-refractivity contribution in [3.05, 3.63) is 0 Å². The van der Waals surface area contributed by atoms with Crippen LogP contribution in [0.25, 0.3) is 0 Å². The van der Waals surface area contributed by atoms with Gasteiger partial charge in [-0.05, 0) is 19.3 Å². The Balaban J connectivity index is 2.12. The molecule has 96 valence electrons. The summed E-state index contributed by atoms with van der Waals surface area (Å²) in [6.45, 7) is 4.10. The standard InChI is InChI=1S/C14H22O3/c1-3-5-6-7-8-13(15)17-12-14(9-4-2)10-16-11-14/h1H,4-12H2,2H3. The van der Waals surface area contributed by atoms with Crippen LogP contribution in [0.15, 0.2) is 0 Å². The van der Waals surface area contributed by atoms with Crippen LogP contribution < -0.4 is 0 Å². The van der Waals surface area contributed by atoms with Crippen molar-refractivity contribution in [2.45, 2.75) is 45.4 Å². The van der Waals surface area contributed by atoms with Crippen LogP contribution in [0.4, 0.5) is 0 Å². The minimum Gasteiger partial charge on any atom is -0.465 e. The van der Waals surface area contributed by atoms with Gasteiger partial charge in [-0.2, -0.15) is 0 Å². The molecule has 0 unspecified atom stereocenters. The fourth-order valence-corrected chi connectivity index (χ4v) is 2.02. The van der Waals surface area contributed by atoms with Gasteiger partial charge in [0.15, 0.2) is 0 Å². The Kier molecular flexibility index (Phi) is 6.07. The highest BCUT2D eigenvalue weighted by Crippen LogP contribution is 2.33. The first kappa shape index (κ1) is 14.1. The van der Waals surface area contributed by atoms with Gasteiger partial charge < -0.3 is 9.47 Å². The van der Waals surface area contributed by atoms with E-state index in [0.717, 1.165) is 45.3 Å². The van der Waals surface area contributed by atoms with Crippen molar-refractivity contribution in [3.8, 4) is 12.3 Å². The molecule has 0 N–H and O–H groups in total. The number of ether oxygens (including phenoxy) is 2. The maximum absolute atomic E-state index is 11.5. The fraction of sp³-hybridized carbons (Fsp3) is 0.786. The van der Waals surface area contributed by atoms with E-state index >= 15 is 0 Å². The maximum Gasteiger partial charge on any atom is 0.305 e. The Morgan fingerprint density at radius 3 is 2.76 bits per heavy atom. The van der Waals surface area contributed by atoms with E-state index in [0.29, 0.717) is 13.0 Å². The highest BCUT2D eigenvalue weighted by Gasteiger charge is 2.38. The van der Waals surface area contributed by atoms with Crippen LogP contribution in [-0.2, 0) is 14.3 Å². The molecule has 0 amide bonds. The molecule has 1 heterocycles. The van der Waals surface area contributed by atoms with E-state index < -0.39 is 0 Å². The van der Waals surface area contributed by atoms with E-state index in [1.807, 2.05) is 0 Å². The van der Waals surface area contributed by atoms with Gasteiger partial charge in [0.1, 0.15) is 6.61 Å². The summed E-state index contributed by atoms with van der Waals surface area (Å²) >= 11 is 0. The highest BCUT2D eigenvalue weighted by molar-refractivity contribution is 5.69. The van der Waals surface area contributed by atoms with Crippen molar-refractivity contribution in [2.75, 3.05) is 19.8 Å². The molecule has 1 aliphatic rings. The zero-order chi connectivity index (χ0) is 12.6. The van der Waals surface area contributed by atoms with Crippen molar-refractivity contribution in [1.29, 1.82) is 0 Å². The lowest BCUT2D eigenvalue weighted by Gasteiger charge is -2.40. The molecule has 0 saturated carbocycles. The van der Waals surface area contributed by atoms with Gasteiger partial charge in [0.25, 0.3) is 0 Å². The van der Waals surface area contributed by atoms with Gasteiger partial charge in [0.05, 0.1) is 18.6 Å². The molecular weight excluding hydrogens is 216 g/mol. The van der Waals surface area contributed by atoms with Gasteiger partial charge in [-0.15, -0.1) is 12.3 Å². The number of hydrogen-bond donors (Lipinski definition) is 0. The maximum atomic E-state index is 11.5. The molecule has 0 atom stereocenters. The third-order valence-electron chi connectivity index (χ3n) is 3.09. The predicted molar refractivity (Wildman–Crippen MR) is 66.4 cm³/mol. The third kappa shape index (κ3) is 4.79. The molecule has 0 aromatic heterocycles. The monoisotopic (exact) mass is 238 g/mol. The van der Waals surface area contributed by atoms with Gasteiger partial charge in [-0.1, -0.05) is 13.3 Å². The molecule has 3 nitrogen and oxygen atoms in total. The normalized spacial score (nSPS) is 16.9. The van der Waals surface area contributed by atoms with Crippen LogP contribution in [0.1, 0.15) is 45.4 Å². The quantitative estimate of drug-likeness (QED) is 0.370. The van der Waals surface area contributed by atoms with Gasteiger partial charge in [-0.3, -0.25) is 4.79 Å². The van der Waals surface area contributed by atoms with Crippen molar-refractivity contribution >= 4 is 5.97 Å². The van der Waals surface area contributed by atoms with Gasteiger partial charge in [-0.25, -0.2) is 0 Å². The van der Waals surface area contributed by atoms with E-state index in [4.69, 9.17) is 15.9 Å². The molecule has 1 aliphatic heterocycles. The molecule has 1 fully saturated rings. The molecule has 1 saturated heterocycles. The number of carbonyl (C=O) groups excluding carboxylic acids is 1. The summed E-state index contributed by atoms with van der Waals surface area (Å²) in [4.78, 5) is 11.5. The van der Waals surface area contributed by atoms with Crippen LogP contribution in [-0.4, -0.2) is 25.8 Å². The summed E-state index contributed by atoms with van der Waals surface area (Å²) < 4.78 is 10.5. The Morgan fingerprint density at radius 1 is 1.47 bits per heavy atom. The molecule has 0 aromatic carbocycles. The van der Waals surface area contributed by atoms with E-state index in [1.54, 1.807) is 0 Å². The first-order chi connectivity index (χ1) is 8.22. The molecule has 0 aromatic rings. The van der Waals surface area contributed by atoms with Gasteiger partial charge in [0.2, 0.25) is 0 Å². The molecule has 0 bridgehead atoms. The molecule has 0 spiro atoms. The van der Waals surface area contributed by atoms with Crippen molar-refractivity contribution in [2.24, 2.45) is 5.41 Å². The SMILES string of the molecule is C#CCCCCC(=O)OCC1(CCC)COC1. The van der Waals surface area contributed by atoms with Crippen LogP contribution in [0, 0.1) is 17.8 Å². The second kappa shape index (κ2) is 7.34. The Bertz CT molecular complexity index is 274. The largest absolute Gasteiger partial charge is 0.465 e. The summed E-state index contributed by atoms with van der Waals surface area (Å²) in [7, 11) is 0. The lowest BCUT2D eigenvalue weighted by molar-refractivity contribution is -0.171.